The second-order valence-electron chi connectivity index (χ2n) is 2.31. The number of rotatable bonds is 0. The van der Waals surface area contributed by atoms with E-state index in [1.54, 1.807) is 10.6 Å². The van der Waals surface area contributed by atoms with E-state index in [0.717, 1.165) is 18.9 Å². The molecule has 2 nitrogen and oxygen atoms in total. The summed E-state index contributed by atoms with van der Waals surface area (Å²) in [5.41, 5.74) is 0. The van der Waals surface area contributed by atoms with Crippen molar-refractivity contribution in [3.05, 3.63) is 24.1 Å². The smallest absolute Gasteiger partial charge is 0.270 e. The Morgan fingerprint density at radius 3 is 3.20 bits per heavy atom. The van der Waals surface area contributed by atoms with E-state index < -0.39 is 0 Å². The van der Waals surface area contributed by atoms with Crippen molar-refractivity contribution >= 4 is 5.82 Å². The number of pyridine rings is 1. The summed E-state index contributed by atoms with van der Waals surface area (Å²) < 4.78 is 14.4. The molecule has 0 spiro atoms. The van der Waals surface area contributed by atoms with E-state index in [0.29, 0.717) is 0 Å². The molecule has 52 valence electrons. The molecular formula is C7H8FN2+. The van der Waals surface area contributed by atoms with Gasteiger partial charge in [-0.15, -0.1) is 0 Å². The minimum atomic E-state index is -0.164. The summed E-state index contributed by atoms with van der Waals surface area (Å²) in [4.78, 5) is 0. The minimum Gasteiger partial charge on any atom is -0.270 e. The summed E-state index contributed by atoms with van der Waals surface area (Å²) in [5, 5.41) is 3.06. The van der Waals surface area contributed by atoms with Gasteiger partial charge in [-0.3, -0.25) is 5.32 Å². The van der Waals surface area contributed by atoms with Gasteiger partial charge in [0, 0.05) is 12.1 Å². The van der Waals surface area contributed by atoms with Crippen molar-refractivity contribution in [3.8, 4) is 0 Å². The van der Waals surface area contributed by atoms with E-state index in [9.17, 15) is 4.39 Å². The van der Waals surface area contributed by atoms with Crippen LogP contribution in [0.1, 0.15) is 0 Å². The topological polar surface area (TPSA) is 15.9 Å². The third-order valence-electron chi connectivity index (χ3n) is 1.68. The van der Waals surface area contributed by atoms with Crippen molar-refractivity contribution in [2.75, 3.05) is 11.9 Å². The first-order valence-corrected chi connectivity index (χ1v) is 3.30. The molecule has 0 radical (unpaired) electrons. The number of anilines is 1. The molecule has 0 saturated heterocycles. The number of fused-ring (bicyclic) bond motifs is 1. The molecule has 0 atom stereocenters. The molecule has 0 saturated carbocycles. The highest BCUT2D eigenvalue weighted by molar-refractivity contribution is 5.28. The third-order valence-corrected chi connectivity index (χ3v) is 1.68. The van der Waals surface area contributed by atoms with Crippen molar-refractivity contribution in [2.45, 2.75) is 6.54 Å². The summed E-state index contributed by atoms with van der Waals surface area (Å²) >= 11 is 0. The SMILES string of the molecule is Fc1cccc2[n+]1CCN2. The largest absolute Gasteiger partial charge is 0.278 e. The fourth-order valence-electron chi connectivity index (χ4n) is 1.19. The lowest BCUT2D eigenvalue weighted by atomic mass is 10.4. The molecule has 0 bridgehead atoms. The van der Waals surface area contributed by atoms with Crippen LogP contribution >= 0.6 is 0 Å². The number of hydrogen-bond acceptors (Lipinski definition) is 1. The highest BCUT2D eigenvalue weighted by Crippen LogP contribution is 2.04. The fraction of sp³-hybridized carbons (Fsp3) is 0.286. The molecule has 1 aliphatic rings. The number of halogens is 1. The van der Waals surface area contributed by atoms with Crippen molar-refractivity contribution in [3.63, 3.8) is 0 Å². The maximum atomic E-state index is 12.8. The average Bonchev–Trinajstić information content (AvgIpc) is 2.36. The maximum Gasteiger partial charge on any atom is 0.278 e. The number of nitrogens with zero attached hydrogens (tertiary/aromatic N) is 1. The van der Waals surface area contributed by atoms with Crippen molar-refractivity contribution in [1.82, 2.24) is 0 Å². The molecule has 1 aliphatic heterocycles. The highest BCUT2D eigenvalue weighted by Gasteiger charge is 2.19. The van der Waals surface area contributed by atoms with Crippen LogP contribution in [-0.2, 0) is 6.54 Å². The number of hydrogen-bond donors (Lipinski definition) is 1. The first kappa shape index (κ1) is 5.65. The molecule has 2 heterocycles. The van der Waals surface area contributed by atoms with Crippen LogP contribution in [0.3, 0.4) is 0 Å². The molecule has 0 aliphatic carbocycles. The van der Waals surface area contributed by atoms with Gasteiger partial charge >= 0.3 is 0 Å². The second kappa shape index (κ2) is 1.94. The molecule has 1 aromatic rings. The normalized spacial score (nSPS) is 14.5. The van der Waals surface area contributed by atoms with Crippen molar-refractivity contribution in [2.24, 2.45) is 0 Å². The Bertz CT molecular complexity index is 260. The Hall–Kier alpha value is -1.12. The molecule has 3 heteroatoms. The molecule has 0 unspecified atom stereocenters. The summed E-state index contributed by atoms with van der Waals surface area (Å²) in [6.07, 6.45) is 0. The second-order valence-corrected chi connectivity index (χ2v) is 2.31. The van der Waals surface area contributed by atoms with Crippen LogP contribution in [0.15, 0.2) is 18.2 Å². The van der Waals surface area contributed by atoms with Gasteiger partial charge in [-0.05, 0) is 6.07 Å². The number of aromatic nitrogens is 1. The predicted octanol–water partition coefficient (Wildman–Crippen LogP) is 0.539. The van der Waals surface area contributed by atoms with Crippen LogP contribution in [0, 0.1) is 5.95 Å². The Balaban J connectivity index is 2.59. The average molecular weight is 139 g/mol. The summed E-state index contributed by atoms with van der Waals surface area (Å²) in [5.74, 6) is 0.711. The van der Waals surface area contributed by atoms with Crippen LogP contribution in [-0.4, -0.2) is 6.54 Å². The monoisotopic (exact) mass is 139 g/mol. The zero-order valence-corrected chi connectivity index (χ0v) is 5.47. The van der Waals surface area contributed by atoms with E-state index in [-0.39, 0.29) is 5.95 Å². The Morgan fingerprint density at radius 1 is 1.50 bits per heavy atom. The molecule has 1 aromatic heterocycles. The zero-order chi connectivity index (χ0) is 6.97. The van der Waals surface area contributed by atoms with E-state index in [2.05, 4.69) is 5.32 Å². The molecule has 10 heavy (non-hydrogen) atoms. The van der Waals surface area contributed by atoms with Crippen LogP contribution in [0.4, 0.5) is 10.2 Å². The molecule has 0 fully saturated rings. The van der Waals surface area contributed by atoms with Gasteiger partial charge in [0.15, 0.2) is 0 Å². The molecular weight excluding hydrogens is 131 g/mol. The third kappa shape index (κ3) is 0.667. The van der Waals surface area contributed by atoms with Gasteiger partial charge in [0.05, 0.1) is 0 Å². The van der Waals surface area contributed by atoms with Crippen LogP contribution in [0.25, 0.3) is 0 Å². The predicted molar refractivity (Wildman–Crippen MR) is 35.1 cm³/mol. The van der Waals surface area contributed by atoms with Gasteiger partial charge in [0.2, 0.25) is 0 Å². The highest BCUT2D eigenvalue weighted by atomic mass is 19.1. The van der Waals surface area contributed by atoms with Gasteiger partial charge < -0.3 is 0 Å². The minimum absolute atomic E-state index is 0.164. The van der Waals surface area contributed by atoms with Crippen molar-refractivity contribution in [1.29, 1.82) is 0 Å². The van der Waals surface area contributed by atoms with Crippen LogP contribution in [0.2, 0.25) is 0 Å². The standard InChI is InChI=1S/C7H7FN2/c8-6-2-1-3-7-9-4-5-10(6)7/h1-3H,4-5H2/p+1. The zero-order valence-electron chi connectivity index (χ0n) is 5.47. The van der Waals surface area contributed by atoms with E-state index in [1.807, 2.05) is 6.07 Å². The van der Waals surface area contributed by atoms with Crippen molar-refractivity contribution < 1.29 is 8.96 Å². The lowest BCUT2D eigenvalue weighted by Gasteiger charge is -1.92. The van der Waals surface area contributed by atoms with Gasteiger partial charge in [0.1, 0.15) is 13.1 Å². The van der Waals surface area contributed by atoms with E-state index in [1.165, 1.54) is 6.07 Å². The molecule has 0 aromatic carbocycles. The quantitative estimate of drug-likeness (QED) is 0.409. The fourth-order valence-corrected chi connectivity index (χ4v) is 1.19. The van der Waals surface area contributed by atoms with Gasteiger partial charge in [0.25, 0.3) is 11.8 Å². The molecule has 2 rings (SSSR count). The summed E-state index contributed by atoms with van der Waals surface area (Å²) in [6, 6.07) is 5.05. The summed E-state index contributed by atoms with van der Waals surface area (Å²) in [7, 11) is 0. The first-order valence-electron chi connectivity index (χ1n) is 3.30. The summed E-state index contributed by atoms with van der Waals surface area (Å²) in [6.45, 7) is 1.57. The molecule has 1 N–H and O–H groups in total. The lowest BCUT2D eigenvalue weighted by Crippen LogP contribution is -2.35. The Labute approximate surface area is 58.3 Å². The Morgan fingerprint density at radius 2 is 2.40 bits per heavy atom. The van der Waals surface area contributed by atoms with E-state index in [4.69, 9.17) is 0 Å². The molecule has 0 amide bonds. The lowest BCUT2D eigenvalue weighted by molar-refractivity contribution is -0.699. The number of nitrogens with one attached hydrogen (secondary N) is 1. The Kier molecular flexibility index (Phi) is 1.09. The van der Waals surface area contributed by atoms with Gasteiger partial charge in [-0.1, -0.05) is 0 Å². The maximum absolute atomic E-state index is 12.8. The van der Waals surface area contributed by atoms with E-state index >= 15 is 0 Å². The van der Waals surface area contributed by atoms with Crippen LogP contribution in [0.5, 0.6) is 0 Å². The first-order chi connectivity index (χ1) is 4.88. The van der Waals surface area contributed by atoms with Crippen LogP contribution < -0.4 is 9.88 Å². The van der Waals surface area contributed by atoms with Gasteiger partial charge in [-0.2, -0.15) is 8.96 Å². The van der Waals surface area contributed by atoms with Gasteiger partial charge in [-0.25, -0.2) is 0 Å².